The van der Waals surface area contributed by atoms with Gasteiger partial charge in [0.2, 0.25) is 0 Å². The summed E-state index contributed by atoms with van der Waals surface area (Å²) in [6.07, 6.45) is 7.03. The largest absolute Gasteiger partial charge is 0.355 e. The van der Waals surface area contributed by atoms with Crippen LogP contribution in [0.2, 0.25) is 0 Å². The zero-order valence-corrected chi connectivity index (χ0v) is 20.0. The summed E-state index contributed by atoms with van der Waals surface area (Å²) in [5, 5.41) is 3.68. The van der Waals surface area contributed by atoms with Crippen LogP contribution in [0, 0.1) is 0 Å². The lowest BCUT2D eigenvalue weighted by Crippen LogP contribution is -2.56. The molecule has 2 heterocycles. The van der Waals surface area contributed by atoms with Gasteiger partial charge in [-0.1, -0.05) is 19.3 Å². The van der Waals surface area contributed by atoms with Gasteiger partial charge in [0.25, 0.3) is 0 Å². The molecule has 2 aliphatic heterocycles. The SMILES string of the molecule is CN=C(NCC(C)N1CCN(C)CC1)N1CCSC2(CCCCC2)C1.I. The van der Waals surface area contributed by atoms with Gasteiger partial charge in [-0.25, -0.2) is 0 Å². The molecule has 1 unspecified atom stereocenters. The Hall–Kier alpha value is 0.270. The summed E-state index contributed by atoms with van der Waals surface area (Å²) < 4.78 is 0.497. The predicted octanol–water partition coefficient (Wildman–Crippen LogP) is 2.57. The minimum atomic E-state index is 0. The van der Waals surface area contributed by atoms with Crippen LogP contribution in [0.25, 0.3) is 0 Å². The zero-order chi connectivity index (χ0) is 17.7. The first-order valence-electron chi connectivity index (χ1n) is 10.1. The molecule has 1 atom stereocenters. The number of likely N-dealkylation sites (N-methyl/N-ethyl adjacent to an activating group) is 1. The van der Waals surface area contributed by atoms with Crippen LogP contribution in [-0.2, 0) is 0 Å². The molecule has 5 nitrogen and oxygen atoms in total. The Morgan fingerprint density at radius 2 is 1.81 bits per heavy atom. The summed E-state index contributed by atoms with van der Waals surface area (Å²) in [6, 6.07) is 0.563. The number of hydrogen-bond acceptors (Lipinski definition) is 4. The molecule has 1 spiro atoms. The van der Waals surface area contributed by atoms with Crippen molar-refractivity contribution in [3.05, 3.63) is 0 Å². The van der Waals surface area contributed by atoms with Gasteiger partial charge in [0.05, 0.1) is 0 Å². The Morgan fingerprint density at radius 1 is 1.12 bits per heavy atom. The molecular weight excluding hydrogens is 457 g/mol. The quantitative estimate of drug-likeness (QED) is 0.370. The van der Waals surface area contributed by atoms with Crippen LogP contribution in [-0.4, -0.2) is 97.1 Å². The van der Waals surface area contributed by atoms with E-state index >= 15 is 0 Å². The highest BCUT2D eigenvalue weighted by atomic mass is 127. The van der Waals surface area contributed by atoms with Gasteiger partial charge >= 0.3 is 0 Å². The monoisotopic (exact) mass is 495 g/mol. The van der Waals surface area contributed by atoms with E-state index in [1.807, 2.05) is 7.05 Å². The fourth-order valence-electron chi connectivity index (χ4n) is 4.49. The number of thioether (sulfide) groups is 1. The van der Waals surface area contributed by atoms with E-state index < -0.39 is 0 Å². The fourth-order valence-corrected chi connectivity index (χ4v) is 6.06. The van der Waals surface area contributed by atoms with Gasteiger partial charge in [-0.3, -0.25) is 9.89 Å². The predicted molar refractivity (Wildman–Crippen MR) is 125 cm³/mol. The van der Waals surface area contributed by atoms with Crippen molar-refractivity contribution in [1.29, 1.82) is 0 Å². The van der Waals surface area contributed by atoms with Crippen molar-refractivity contribution in [2.45, 2.75) is 49.8 Å². The van der Waals surface area contributed by atoms with E-state index in [4.69, 9.17) is 0 Å². The molecule has 3 aliphatic rings. The smallest absolute Gasteiger partial charge is 0.193 e. The highest BCUT2D eigenvalue weighted by Gasteiger charge is 2.38. The van der Waals surface area contributed by atoms with Crippen LogP contribution < -0.4 is 5.32 Å². The third kappa shape index (κ3) is 5.88. The van der Waals surface area contributed by atoms with Crippen LogP contribution in [0.3, 0.4) is 0 Å². The molecule has 0 bridgehead atoms. The molecular formula is C19H38IN5S. The summed E-state index contributed by atoms with van der Waals surface area (Å²) >= 11 is 2.23. The molecule has 0 aromatic rings. The highest BCUT2D eigenvalue weighted by Crippen LogP contribution is 2.42. The standard InChI is InChI=1S/C19H37N5S.HI/c1-17(23-11-9-22(3)10-12-23)15-21-18(20-2)24-13-14-25-19(16-24)7-5-4-6-8-19;/h17H,4-16H2,1-3H3,(H,20,21);1H. The van der Waals surface area contributed by atoms with Gasteiger partial charge in [-0.05, 0) is 26.8 Å². The lowest BCUT2D eigenvalue weighted by molar-refractivity contribution is 0.119. The number of guanidine groups is 1. The van der Waals surface area contributed by atoms with Crippen molar-refractivity contribution in [1.82, 2.24) is 20.0 Å². The van der Waals surface area contributed by atoms with Gasteiger partial charge in [0.15, 0.2) is 5.96 Å². The van der Waals surface area contributed by atoms with E-state index in [0.29, 0.717) is 10.8 Å². The van der Waals surface area contributed by atoms with E-state index in [1.54, 1.807) is 0 Å². The lowest BCUT2D eigenvalue weighted by Gasteiger charge is -2.45. The normalized spacial score (nSPS) is 26.4. The fraction of sp³-hybridized carbons (Fsp3) is 0.947. The summed E-state index contributed by atoms with van der Waals surface area (Å²) in [7, 11) is 4.16. The van der Waals surface area contributed by atoms with Crippen molar-refractivity contribution in [2.75, 3.05) is 65.7 Å². The molecule has 26 heavy (non-hydrogen) atoms. The molecule has 1 saturated carbocycles. The van der Waals surface area contributed by atoms with E-state index in [9.17, 15) is 0 Å². The number of aliphatic imine (C=N–C) groups is 1. The third-order valence-electron chi connectivity index (χ3n) is 6.24. The number of nitrogens with zero attached hydrogens (tertiary/aromatic N) is 4. The van der Waals surface area contributed by atoms with Crippen LogP contribution in [0.4, 0.5) is 0 Å². The van der Waals surface area contributed by atoms with Crippen molar-refractivity contribution in [3.8, 4) is 0 Å². The van der Waals surface area contributed by atoms with Crippen LogP contribution in [0.1, 0.15) is 39.0 Å². The van der Waals surface area contributed by atoms with Crippen molar-refractivity contribution in [2.24, 2.45) is 4.99 Å². The Labute approximate surface area is 181 Å². The first-order valence-corrected chi connectivity index (χ1v) is 11.1. The van der Waals surface area contributed by atoms with E-state index in [2.05, 4.69) is 50.7 Å². The molecule has 152 valence electrons. The maximum absolute atomic E-state index is 4.61. The number of halogens is 1. The summed E-state index contributed by atoms with van der Waals surface area (Å²) in [6.45, 7) is 10.4. The Morgan fingerprint density at radius 3 is 2.46 bits per heavy atom. The first-order chi connectivity index (χ1) is 12.1. The topological polar surface area (TPSA) is 34.1 Å². The number of rotatable bonds is 3. The zero-order valence-electron chi connectivity index (χ0n) is 16.9. The number of nitrogens with one attached hydrogen (secondary N) is 1. The Balaban J connectivity index is 0.00000243. The van der Waals surface area contributed by atoms with Gasteiger partial charge in [-0.2, -0.15) is 11.8 Å². The van der Waals surface area contributed by atoms with Gasteiger partial charge in [0, 0.05) is 69.4 Å². The minimum Gasteiger partial charge on any atom is -0.355 e. The van der Waals surface area contributed by atoms with E-state index in [1.165, 1.54) is 70.6 Å². The maximum atomic E-state index is 4.61. The molecule has 3 fully saturated rings. The number of piperazine rings is 1. The van der Waals surface area contributed by atoms with Crippen LogP contribution >= 0.6 is 35.7 Å². The second-order valence-electron chi connectivity index (χ2n) is 8.13. The second-order valence-corrected chi connectivity index (χ2v) is 9.69. The molecule has 0 aromatic heterocycles. The molecule has 1 aliphatic carbocycles. The molecule has 7 heteroatoms. The van der Waals surface area contributed by atoms with Crippen molar-refractivity contribution in [3.63, 3.8) is 0 Å². The third-order valence-corrected chi connectivity index (χ3v) is 7.78. The highest BCUT2D eigenvalue weighted by molar-refractivity contribution is 14.0. The van der Waals surface area contributed by atoms with Crippen molar-refractivity contribution < 1.29 is 0 Å². The van der Waals surface area contributed by atoms with Gasteiger partial charge < -0.3 is 15.1 Å². The first kappa shape index (κ1) is 22.6. The maximum Gasteiger partial charge on any atom is 0.193 e. The van der Waals surface area contributed by atoms with Crippen molar-refractivity contribution >= 4 is 41.7 Å². The second kappa shape index (κ2) is 10.7. The molecule has 2 saturated heterocycles. The minimum absolute atomic E-state index is 0. The van der Waals surface area contributed by atoms with Gasteiger partial charge in [-0.15, -0.1) is 24.0 Å². The van der Waals surface area contributed by atoms with Crippen LogP contribution in [0.5, 0.6) is 0 Å². The summed E-state index contributed by atoms with van der Waals surface area (Å²) in [5.74, 6) is 2.36. The van der Waals surface area contributed by atoms with E-state index in [-0.39, 0.29) is 24.0 Å². The molecule has 1 N–H and O–H groups in total. The molecule has 0 radical (unpaired) electrons. The molecule has 0 aromatic carbocycles. The Kier molecular flexibility index (Phi) is 9.30. The Bertz CT molecular complexity index is 442. The van der Waals surface area contributed by atoms with Gasteiger partial charge in [0.1, 0.15) is 0 Å². The van der Waals surface area contributed by atoms with Crippen LogP contribution in [0.15, 0.2) is 4.99 Å². The average Bonchev–Trinajstić information content (AvgIpc) is 2.63. The molecule has 3 rings (SSSR count). The summed E-state index contributed by atoms with van der Waals surface area (Å²) in [4.78, 5) is 12.2. The molecule has 0 amide bonds. The average molecular weight is 496 g/mol. The van der Waals surface area contributed by atoms with E-state index in [0.717, 1.165) is 19.0 Å². The lowest BCUT2D eigenvalue weighted by atomic mass is 9.87. The summed E-state index contributed by atoms with van der Waals surface area (Å²) in [5.41, 5.74) is 0. The number of hydrogen-bond donors (Lipinski definition) is 1.